The van der Waals surface area contributed by atoms with Crippen molar-refractivity contribution in [3.63, 3.8) is 0 Å². The van der Waals surface area contributed by atoms with E-state index in [0.29, 0.717) is 150 Å². The number of fused-ring (bicyclic) bond motifs is 12. The fraction of sp³-hybridized carbons (Fsp3) is 0.222. The van der Waals surface area contributed by atoms with Crippen LogP contribution in [0.2, 0.25) is 0 Å². The Morgan fingerprint density at radius 3 is 1.34 bits per heavy atom. The number of halogens is 3. The number of carbonyl (C=O) groups excluding carboxylic acids is 6. The highest BCUT2D eigenvalue weighted by Gasteiger charge is 2.39. The van der Waals surface area contributed by atoms with Gasteiger partial charge in [-0.15, -0.1) is 50.1 Å². The van der Waals surface area contributed by atoms with E-state index in [2.05, 4.69) is 71.8 Å². The number of ether oxygens (including phenoxy) is 3. The number of benzene rings is 6. The van der Waals surface area contributed by atoms with Gasteiger partial charge in [0.15, 0.2) is 17.1 Å². The first-order valence-electron chi connectivity index (χ1n) is 36.8. The predicted molar refractivity (Wildman–Crippen MR) is 439 cm³/mol. The summed E-state index contributed by atoms with van der Waals surface area (Å²) in [6, 6.07) is 37.7. The van der Waals surface area contributed by atoms with Gasteiger partial charge in [0.05, 0.1) is 104 Å². The van der Waals surface area contributed by atoms with E-state index in [-0.39, 0.29) is 75.5 Å². The predicted octanol–water partition coefficient (Wildman–Crippen LogP) is 11.5. The summed E-state index contributed by atoms with van der Waals surface area (Å²) >= 11 is 18.9. The van der Waals surface area contributed by atoms with Crippen LogP contribution in [0.5, 0.6) is 17.2 Å². The molecule has 0 spiro atoms. The Hall–Kier alpha value is -13.4. The maximum Gasteiger partial charge on any atom is 0.278 e. The maximum absolute atomic E-state index is 13.7. The van der Waals surface area contributed by atoms with Crippen molar-refractivity contribution in [1.82, 2.24) is 74.3 Å². The van der Waals surface area contributed by atoms with Gasteiger partial charge in [0.25, 0.3) is 35.4 Å². The number of alkyl halides is 3. The number of nitrogens with zero attached hydrogens (tertiary/aromatic N) is 16. The minimum atomic E-state index is -0.454. The molecule has 0 saturated heterocycles. The fourth-order valence-corrected chi connectivity index (χ4v) is 15.7. The number of nitrogens with one attached hydrogen (secondary N) is 5. The number of aromatic amines is 2. The van der Waals surface area contributed by atoms with Crippen LogP contribution < -0.4 is 30.7 Å². The zero-order valence-corrected chi connectivity index (χ0v) is 65.0. The van der Waals surface area contributed by atoms with E-state index in [1.165, 1.54) is 32.6 Å². The van der Waals surface area contributed by atoms with E-state index in [1.807, 2.05) is 72.8 Å². The van der Waals surface area contributed by atoms with Gasteiger partial charge in [-0.2, -0.15) is 0 Å². The van der Waals surface area contributed by atoms with Crippen LogP contribution in [0, 0.1) is 0 Å². The molecule has 3 aliphatic rings. The molecule has 0 bridgehead atoms. The van der Waals surface area contributed by atoms with E-state index in [1.54, 1.807) is 120 Å². The Morgan fingerprint density at radius 2 is 0.880 bits per heavy atom. The molecular weight excluding hydrogens is 1570 g/mol. The zero-order valence-electron chi connectivity index (χ0n) is 62.7. The van der Waals surface area contributed by atoms with Crippen LogP contribution >= 0.6 is 34.8 Å². The van der Waals surface area contributed by atoms with Crippen LogP contribution in [-0.2, 0) is 33.8 Å². The van der Waals surface area contributed by atoms with Crippen LogP contribution in [0.25, 0.3) is 59.9 Å². The number of aromatic hydroxyl groups is 3. The molecule has 0 fully saturated rings. The van der Waals surface area contributed by atoms with Gasteiger partial charge in [0.2, 0.25) is 0 Å². The molecule has 0 aliphatic carbocycles. The third kappa shape index (κ3) is 15.4. The topological polar surface area (TPSA) is 403 Å². The average molecular weight is 1640 g/mol. The molecule has 36 heteroatoms. The normalized spacial score (nSPS) is 14.7. The molecule has 117 heavy (non-hydrogen) atoms. The summed E-state index contributed by atoms with van der Waals surface area (Å²) in [5.41, 5.74) is 8.77. The van der Waals surface area contributed by atoms with Gasteiger partial charge in [-0.05, 0) is 69.2 Å². The molecule has 12 heterocycles. The van der Waals surface area contributed by atoms with E-state index >= 15 is 0 Å². The van der Waals surface area contributed by atoms with Crippen LogP contribution in [0.3, 0.4) is 0 Å². The van der Waals surface area contributed by atoms with Crippen molar-refractivity contribution in [3.8, 4) is 17.2 Å². The Balaban J connectivity index is 0.000000131. The van der Waals surface area contributed by atoms with E-state index < -0.39 is 17.7 Å². The van der Waals surface area contributed by atoms with E-state index in [0.717, 1.165) is 49.0 Å². The Labute approximate surface area is 678 Å². The number of phenolic OH excluding ortho intramolecular Hbond substituents is 3. The highest BCUT2D eigenvalue weighted by atomic mass is 35.5. The molecule has 3 aliphatic heterocycles. The monoisotopic (exact) mass is 1640 g/mol. The average Bonchev–Trinajstić information content (AvgIpc) is 1.61. The molecule has 6 amide bonds. The SMILES string of the molecule is COCCn1cc(C(=O)Nc2cc3cc(C(=O)N4C[C@@H](CCl)c5c4cc(O)c4ccccc54)[nH]c3cn2)nn1.COCCn1cc(C(=O)Nc2ccc3nc(C(=O)N4C[C@@H](CCl)c5c4cc(O)c4ccccc54)cn3c2)nn1.COCCn1cc(C(=O)Nc2cnc3[nH]c(C(=O)N4C[C@@H](CCl)c5c4cc(O)c4ccccc54)cc3c2)nn1. The molecule has 0 unspecified atom stereocenters. The quantitative estimate of drug-likeness (QED) is 0.0310. The lowest BCUT2D eigenvalue weighted by atomic mass is 9.95. The first kappa shape index (κ1) is 77.5. The number of amides is 6. The van der Waals surface area contributed by atoms with Crippen molar-refractivity contribution >= 4 is 164 Å². The fourth-order valence-electron chi connectivity index (χ4n) is 14.9. The summed E-state index contributed by atoms with van der Waals surface area (Å²) < 4.78 is 21.3. The minimum absolute atomic E-state index is 0.0727. The number of anilines is 6. The Bertz CT molecular complexity index is 5790. The molecule has 0 radical (unpaired) electrons. The molecule has 8 N–H and O–H groups in total. The molecule has 594 valence electrons. The number of phenols is 3. The molecule has 18 rings (SSSR count). The minimum Gasteiger partial charge on any atom is -0.507 e. The smallest absolute Gasteiger partial charge is 0.278 e. The Morgan fingerprint density at radius 1 is 0.453 bits per heavy atom. The number of hydrogen-bond donors (Lipinski definition) is 8. The van der Waals surface area contributed by atoms with Crippen molar-refractivity contribution in [2.24, 2.45) is 0 Å². The van der Waals surface area contributed by atoms with Crippen molar-refractivity contribution in [2.75, 3.05) is 109 Å². The summed E-state index contributed by atoms with van der Waals surface area (Å²) in [6.07, 6.45) is 11.0. The molecular formula is C81H72Cl3N21O12. The number of imidazole rings is 1. The Kier molecular flexibility index (Phi) is 22.0. The molecule has 0 saturated carbocycles. The summed E-state index contributed by atoms with van der Waals surface area (Å²) in [6.45, 7) is 3.96. The number of H-pyrrole nitrogens is 2. The number of carbonyl (C=O) groups is 6. The largest absolute Gasteiger partial charge is 0.507 e. The highest BCUT2D eigenvalue weighted by molar-refractivity contribution is 6.21. The second-order valence-corrected chi connectivity index (χ2v) is 28.8. The van der Waals surface area contributed by atoms with Gasteiger partial charge in [-0.1, -0.05) is 88.4 Å². The van der Waals surface area contributed by atoms with Gasteiger partial charge < -0.3 is 74.5 Å². The molecule has 33 nitrogen and oxygen atoms in total. The van der Waals surface area contributed by atoms with Crippen molar-refractivity contribution in [1.29, 1.82) is 0 Å². The second-order valence-electron chi connectivity index (χ2n) is 27.9. The second kappa shape index (κ2) is 33.2. The van der Waals surface area contributed by atoms with E-state index in [9.17, 15) is 44.1 Å². The first-order valence-corrected chi connectivity index (χ1v) is 38.4. The maximum atomic E-state index is 13.7. The molecule has 6 aromatic carbocycles. The number of methoxy groups -OCH3 is 3. The van der Waals surface area contributed by atoms with Crippen LogP contribution in [0.4, 0.5) is 34.3 Å². The van der Waals surface area contributed by atoms with Crippen molar-refractivity contribution in [3.05, 3.63) is 222 Å². The summed E-state index contributed by atoms with van der Waals surface area (Å²) in [4.78, 5) is 103. The number of pyridine rings is 3. The first-order chi connectivity index (χ1) is 56.9. The number of aromatic nitrogens is 15. The summed E-state index contributed by atoms with van der Waals surface area (Å²) in [7, 11) is 4.75. The lowest BCUT2D eigenvalue weighted by molar-refractivity contribution is 0.0976. The third-order valence-corrected chi connectivity index (χ3v) is 21.6. The standard InChI is InChI=1S/3C27H24ClN7O4/c1-39-7-6-34-14-21(32-33-34)26(37)30-17-8-15-9-20(31-25(15)29-12-17)27(38)35-13-16(11-28)24-19-5-3-2-4-18(19)23(36)10-22(24)35;1-39-7-6-34-14-21(32-33-34)26(37)31-24-9-15-8-19(30-20(15)12-29-24)27(38)35-13-16(11-28)25-18-5-3-2-4-17(18)23(36)10-22(25)35;1-39-9-8-34-15-20(31-32-34)26(37)29-17-6-7-24-30-21(14-33(24)13-17)27(38)35-12-16(11-28)25-19-5-3-2-4-18(19)23(36)10-22(25)35/h2-5,8-10,12,14,16,36H,6-7,11,13H2,1H3,(H,29,31)(H,30,37);2-5,8-10,12,14,16,30,36H,6-7,11,13H2,1H3,(H,29,31,37);2-7,10,13-16,36H,8-9,11-12H2,1H3,(H,29,37)/t3*16-/m111/s1. The van der Waals surface area contributed by atoms with Gasteiger partial charge in [-0.25, -0.2) is 29.0 Å². The molecule has 9 aromatic heterocycles. The highest BCUT2D eigenvalue weighted by Crippen LogP contribution is 2.49. The van der Waals surface area contributed by atoms with Gasteiger partial charge in [-0.3, -0.25) is 28.8 Å². The zero-order chi connectivity index (χ0) is 81.3. The van der Waals surface area contributed by atoms with Crippen LogP contribution in [0.15, 0.2) is 171 Å². The van der Waals surface area contributed by atoms with Crippen molar-refractivity contribution < 1.29 is 58.3 Å². The van der Waals surface area contributed by atoms with Crippen LogP contribution in [0.1, 0.15) is 97.4 Å². The lowest BCUT2D eigenvalue weighted by Gasteiger charge is -2.17. The number of hydrogen-bond acceptors (Lipinski definition) is 21. The number of rotatable bonds is 21. The van der Waals surface area contributed by atoms with Gasteiger partial charge >= 0.3 is 0 Å². The molecule has 15 aromatic rings. The molecule has 3 atom stereocenters. The van der Waals surface area contributed by atoms with Gasteiger partial charge in [0, 0.05) is 134 Å². The lowest BCUT2D eigenvalue weighted by Crippen LogP contribution is -2.30. The summed E-state index contributed by atoms with van der Waals surface area (Å²) in [5, 5.41) is 69.9. The third-order valence-electron chi connectivity index (χ3n) is 20.5. The van der Waals surface area contributed by atoms with Crippen LogP contribution in [-0.4, -0.2) is 203 Å². The van der Waals surface area contributed by atoms with Gasteiger partial charge in [0.1, 0.15) is 51.4 Å². The van der Waals surface area contributed by atoms with E-state index in [4.69, 9.17) is 49.0 Å². The van der Waals surface area contributed by atoms with Crippen molar-refractivity contribution in [2.45, 2.75) is 37.4 Å². The summed E-state index contributed by atoms with van der Waals surface area (Å²) in [5.74, 6) is -0.725.